The Balaban J connectivity index is -0.0000000800. The van der Waals surface area contributed by atoms with Gasteiger partial charge in [0.1, 0.15) is 0 Å². The number of aliphatic hydroxyl groups is 1. The second-order valence-corrected chi connectivity index (χ2v) is 1.08. The Kier molecular flexibility index (Phi) is 35.4. The zero-order chi connectivity index (χ0) is 4.12. The van der Waals surface area contributed by atoms with Crippen LogP contribution < -0.4 is 0 Å². The van der Waals surface area contributed by atoms with Crippen molar-refractivity contribution < 1.29 is 24.6 Å². The zero-order valence-corrected chi connectivity index (χ0v) is 8.47. The summed E-state index contributed by atoms with van der Waals surface area (Å²) in [7, 11) is 0. The molecule has 0 aliphatic carbocycles. The molecule has 7 heavy (non-hydrogen) atoms. The monoisotopic (exact) mass is 174 g/mol. The van der Waals surface area contributed by atoms with Crippen LogP contribution in [0.1, 0.15) is 19.8 Å². The quantitative estimate of drug-likeness (QED) is 0.626. The molecule has 0 rings (SSSR count). The molecule has 0 aliphatic rings. The van der Waals surface area contributed by atoms with Gasteiger partial charge < -0.3 is 5.11 Å². The third kappa shape index (κ3) is 19.8. The Morgan fingerprint density at radius 1 is 1.43 bits per heavy atom. The summed E-state index contributed by atoms with van der Waals surface area (Å²) in [6.45, 7) is 2.40. The van der Waals surface area contributed by atoms with Gasteiger partial charge in [-0.05, 0) is 6.42 Å². The van der Waals surface area contributed by atoms with Gasteiger partial charge in [-0.1, -0.05) is 13.3 Å². The predicted octanol–water partition coefficient (Wildman–Crippen LogP) is 1.20. The molecule has 1 nitrogen and oxygen atoms in total. The number of aliphatic hydroxyl groups excluding tert-OH is 1. The van der Waals surface area contributed by atoms with E-state index in [9.17, 15) is 0 Å². The Labute approximate surface area is 63.7 Å². The smallest absolute Gasteiger partial charge is 0.0430 e. The van der Waals surface area contributed by atoms with Crippen molar-refractivity contribution in [1.29, 1.82) is 0 Å². The van der Waals surface area contributed by atoms with Gasteiger partial charge in [0.15, 0.2) is 0 Å². The van der Waals surface area contributed by atoms with Gasteiger partial charge in [-0.3, -0.25) is 0 Å². The summed E-state index contributed by atoms with van der Waals surface area (Å²) in [4.78, 5) is 0. The van der Waals surface area contributed by atoms with Crippen molar-refractivity contribution in [3.8, 4) is 0 Å². The molecular formula is C4H11ClOZn. The van der Waals surface area contributed by atoms with Gasteiger partial charge >= 0.3 is 0 Å². The van der Waals surface area contributed by atoms with Crippen LogP contribution in [0.25, 0.3) is 0 Å². The van der Waals surface area contributed by atoms with Crippen LogP contribution in [-0.2, 0) is 19.5 Å². The van der Waals surface area contributed by atoms with Crippen molar-refractivity contribution >= 4 is 12.4 Å². The number of hydrogen-bond donors (Lipinski definition) is 1. The fraction of sp³-hybridized carbons (Fsp3) is 1.00. The van der Waals surface area contributed by atoms with Crippen molar-refractivity contribution in [2.45, 2.75) is 19.8 Å². The molecule has 0 aromatic rings. The third-order valence-electron chi connectivity index (χ3n) is 0.512. The summed E-state index contributed by atoms with van der Waals surface area (Å²) in [5.41, 5.74) is 0. The van der Waals surface area contributed by atoms with E-state index >= 15 is 0 Å². The van der Waals surface area contributed by atoms with Crippen molar-refractivity contribution in [3.63, 3.8) is 0 Å². The molecule has 0 aromatic heterocycles. The van der Waals surface area contributed by atoms with Crippen LogP contribution in [0, 0.1) is 0 Å². The third-order valence-corrected chi connectivity index (χ3v) is 0.512. The maximum Gasteiger partial charge on any atom is 0.0430 e. The number of halogens is 1. The largest absolute Gasteiger partial charge is 0.396 e. The Morgan fingerprint density at radius 2 is 1.86 bits per heavy atom. The predicted molar refractivity (Wildman–Crippen MR) is 29.2 cm³/mol. The Hall–Kier alpha value is 0.873. The Morgan fingerprint density at radius 3 is 1.86 bits per heavy atom. The van der Waals surface area contributed by atoms with E-state index in [2.05, 4.69) is 6.92 Å². The molecule has 42 valence electrons. The first-order valence-electron chi connectivity index (χ1n) is 2.02. The SMILES string of the molecule is CCCCO.Cl.[Zn]. The molecule has 0 saturated heterocycles. The van der Waals surface area contributed by atoms with Crippen LogP contribution in [0.5, 0.6) is 0 Å². The number of unbranched alkanes of at least 4 members (excludes halogenated alkanes) is 1. The number of hydrogen-bond acceptors (Lipinski definition) is 1. The topological polar surface area (TPSA) is 20.2 Å². The molecule has 0 amide bonds. The average Bonchev–Trinajstić information content (AvgIpc) is 1.41. The van der Waals surface area contributed by atoms with Gasteiger partial charge in [-0.15, -0.1) is 12.4 Å². The van der Waals surface area contributed by atoms with E-state index in [1.807, 2.05) is 0 Å². The molecule has 0 aromatic carbocycles. The fourth-order valence-corrected chi connectivity index (χ4v) is 0.158. The van der Waals surface area contributed by atoms with Gasteiger partial charge in [-0.2, -0.15) is 0 Å². The second-order valence-electron chi connectivity index (χ2n) is 1.08. The second kappa shape index (κ2) is 15.8. The maximum atomic E-state index is 8.07. The molecule has 1 N–H and O–H groups in total. The van der Waals surface area contributed by atoms with Crippen molar-refractivity contribution in [1.82, 2.24) is 0 Å². The summed E-state index contributed by atoms with van der Waals surface area (Å²) in [6.07, 6.45) is 2.04. The minimum atomic E-state index is 0. The van der Waals surface area contributed by atoms with Gasteiger partial charge in [-0.25, -0.2) is 0 Å². The first-order valence-corrected chi connectivity index (χ1v) is 2.02. The van der Waals surface area contributed by atoms with Crippen LogP contribution in [0.4, 0.5) is 0 Å². The van der Waals surface area contributed by atoms with Gasteiger partial charge in [0, 0.05) is 26.1 Å². The van der Waals surface area contributed by atoms with Crippen LogP contribution in [0.3, 0.4) is 0 Å². The Bertz CT molecular complexity index is 19.2. The zero-order valence-electron chi connectivity index (χ0n) is 4.68. The number of rotatable bonds is 2. The van der Waals surface area contributed by atoms with Gasteiger partial charge in [0.2, 0.25) is 0 Å². The molecule has 0 radical (unpaired) electrons. The molecule has 0 atom stereocenters. The summed E-state index contributed by atoms with van der Waals surface area (Å²) in [6, 6.07) is 0. The van der Waals surface area contributed by atoms with Crippen LogP contribution in [-0.4, -0.2) is 11.7 Å². The fourth-order valence-electron chi connectivity index (χ4n) is 0.158. The van der Waals surface area contributed by atoms with Gasteiger partial charge in [0.25, 0.3) is 0 Å². The minimum Gasteiger partial charge on any atom is -0.396 e. The van der Waals surface area contributed by atoms with Crippen molar-refractivity contribution in [2.75, 3.05) is 6.61 Å². The molecule has 0 aliphatic heterocycles. The van der Waals surface area contributed by atoms with E-state index in [4.69, 9.17) is 5.11 Å². The summed E-state index contributed by atoms with van der Waals surface area (Å²) >= 11 is 0. The molecule has 0 heterocycles. The van der Waals surface area contributed by atoms with Crippen LogP contribution in [0.15, 0.2) is 0 Å². The van der Waals surface area contributed by atoms with E-state index in [0.29, 0.717) is 6.61 Å². The minimum absolute atomic E-state index is 0. The molecule has 0 fully saturated rings. The maximum absolute atomic E-state index is 8.07. The van der Waals surface area contributed by atoms with Crippen molar-refractivity contribution in [2.24, 2.45) is 0 Å². The molecule has 0 unspecified atom stereocenters. The van der Waals surface area contributed by atoms with E-state index in [1.165, 1.54) is 0 Å². The molecular weight excluding hydrogens is 165 g/mol. The average molecular weight is 176 g/mol. The standard InChI is InChI=1S/C4H10O.ClH.Zn/c1-2-3-4-5;;/h5H,2-4H2,1H3;1H;. The molecule has 0 spiro atoms. The van der Waals surface area contributed by atoms with Crippen molar-refractivity contribution in [3.05, 3.63) is 0 Å². The molecule has 0 bridgehead atoms. The van der Waals surface area contributed by atoms with Crippen LogP contribution in [0.2, 0.25) is 0 Å². The normalized spacial score (nSPS) is 6.00. The first kappa shape index (κ1) is 15.7. The first-order chi connectivity index (χ1) is 2.41. The van der Waals surface area contributed by atoms with E-state index in [0.717, 1.165) is 12.8 Å². The van der Waals surface area contributed by atoms with Gasteiger partial charge in [0.05, 0.1) is 0 Å². The molecule has 0 saturated carbocycles. The molecule has 3 heteroatoms. The van der Waals surface area contributed by atoms with Crippen LogP contribution >= 0.6 is 12.4 Å². The summed E-state index contributed by atoms with van der Waals surface area (Å²) in [5.74, 6) is 0. The summed E-state index contributed by atoms with van der Waals surface area (Å²) < 4.78 is 0. The van der Waals surface area contributed by atoms with E-state index in [-0.39, 0.29) is 31.9 Å². The van der Waals surface area contributed by atoms with E-state index in [1.54, 1.807) is 0 Å². The van der Waals surface area contributed by atoms with E-state index < -0.39 is 0 Å². The summed E-state index contributed by atoms with van der Waals surface area (Å²) in [5, 5.41) is 8.07.